The number of nitrogens with two attached hydrogens (primary N) is 1. The van der Waals surface area contributed by atoms with E-state index in [9.17, 15) is 9.59 Å². The zero-order chi connectivity index (χ0) is 10.4. The number of hydrogen-bond acceptors (Lipinski definition) is 3. The molecule has 4 N–H and O–H groups in total. The van der Waals surface area contributed by atoms with Crippen LogP contribution in [0.15, 0.2) is 12.7 Å². The molecule has 0 aromatic heterocycles. The van der Waals surface area contributed by atoms with Crippen LogP contribution in [0, 0.1) is 5.92 Å². The summed E-state index contributed by atoms with van der Waals surface area (Å²) in [5, 5.41) is 17.0. The SMILES string of the molecule is C=CCC(CC(=O)O)C(N)C(=O)O. The Labute approximate surface area is 75.9 Å². The van der Waals surface area contributed by atoms with E-state index in [0.717, 1.165) is 0 Å². The topological polar surface area (TPSA) is 101 Å². The van der Waals surface area contributed by atoms with Gasteiger partial charge in [-0.15, -0.1) is 6.58 Å². The maximum Gasteiger partial charge on any atom is 0.320 e. The highest BCUT2D eigenvalue weighted by Crippen LogP contribution is 2.13. The van der Waals surface area contributed by atoms with Gasteiger partial charge in [0.1, 0.15) is 6.04 Å². The van der Waals surface area contributed by atoms with Gasteiger partial charge in [-0.3, -0.25) is 9.59 Å². The molecule has 0 fully saturated rings. The van der Waals surface area contributed by atoms with Crippen molar-refractivity contribution < 1.29 is 19.8 Å². The van der Waals surface area contributed by atoms with Gasteiger partial charge in [-0.1, -0.05) is 6.08 Å². The zero-order valence-electron chi connectivity index (χ0n) is 7.14. The second kappa shape index (κ2) is 5.31. The predicted molar refractivity (Wildman–Crippen MR) is 46.2 cm³/mol. The molecule has 0 aromatic carbocycles. The van der Waals surface area contributed by atoms with Crippen molar-refractivity contribution in [3.05, 3.63) is 12.7 Å². The summed E-state index contributed by atoms with van der Waals surface area (Å²) >= 11 is 0. The van der Waals surface area contributed by atoms with Gasteiger partial charge in [-0.25, -0.2) is 0 Å². The molecular formula is C8H13NO4. The Kier molecular flexibility index (Phi) is 4.76. The summed E-state index contributed by atoms with van der Waals surface area (Å²) in [6, 6.07) is -1.14. The summed E-state index contributed by atoms with van der Waals surface area (Å²) in [6.45, 7) is 3.41. The van der Waals surface area contributed by atoms with Gasteiger partial charge < -0.3 is 15.9 Å². The van der Waals surface area contributed by atoms with Crippen LogP contribution in [0.4, 0.5) is 0 Å². The molecule has 0 heterocycles. The second-order valence-electron chi connectivity index (χ2n) is 2.75. The average molecular weight is 187 g/mol. The summed E-state index contributed by atoms with van der Waals surface area (Å²) < 4.78 is 0. The summed E-state index contributed by atoms with van der Waals surface area (Å²) in [5.74, 6) is -2.83. The number of rotatable bonds is 6. The molecule has 0 bridgehead atoms. The highest BCUT2D eigenvalue weighted by Gasteiger charge is 2.25. The van der Waals surface area contributed by atoms with Crippen LogP contribution in [0.5, 0.6) is 0 Å². The fourth-order valence-corrected chi connectivity index (χ4v) is 0.997. The van der Waals surface area contributed by atoms with Crippen LogP contribution in [0.2, 0.25) is 0 Å². The van der Waals surface area contributed by atoms with Crippen molar-refractivity contribution in [2.24, 2.45) is 11.7 Å². The second-order valence-corrected chi connectivity index (χ2v) is 2.75. The molecule has 0 aliphatic carbocycles. The highest BCUT2D eigenvalue weighted by atomic mass is 16.4. The van der Waals surface area contributed by atoms with Crippen LogP contribution in [0.25, 0.3) is 0 Å². The first kappa shape index (κ1) is 11.6. The standard InChI is InChI=1S/C8H13NO4/c1-2-3-5(4-6(10)11)7(9)8(12)13/h2,5,7H,1,3-4,9H2,(H,10,11)(H,12,13). The Morgan fingerprint density at radius 2 is 2.00 bits per heavy atom. The molecule has 0 spiro atoms. The summed E-state index contributed by atoms with van der Waals surface area (Å²) in [6.07, 6.45) is 1.51. The van der Waals surface area contributed by atoms with Crippen molar-refractivity contribution in [3.8, 4) is 0 Å². The van der Waals surface area contributed by atoms with Crippen molar-refractivity contribution in [1.82, 2.24) is 0 Å². The molecule has 0 rings (SSSR count). The molecule has 5 nitrogen and oxygen atoms in total. The van der Waals surface area contributed by atoms with Crippen LogP contribution in [0.3, 0.4) is 0 Å². The smallest absolute Gasteiger partial charge is 0.320 e. The minimum Gasteiger partial charge on any atom is -0.481 e. The van der Waals surface area contributed by atoms with Gasteiger partial charge in [0.25, 0.3) is 0 Å². The summed E-state index contributed by atoms with van der Waals surface area (Å²) in [7, 11) is 0. The maximum atomic E-state index is 10.4. The van der Waals surface area contributed by atoms with Gasteiger partial charge in [0, 0.05) is 0 Å². The number of hydrogen-bond donors (Lipinski definition) is 3. The molecular weight excluding hydrogens is 174 g/mol. The molecule has 2 unspecified atom stereocenters. The summed E-state index contributed by atoms with van der Waals surface area (Å²) in [4.78, 5) is 20.8. The van der Waals surface area contributed by atoms with Crippen molar-refractivity contribution in [2.45, 2.75) is 18.9 Å². The lowest BCUT2D eigenvalue weighted by atomic mass is 9.93. The highest BCUT2D eigenvalue weighted by molar-refractivity contribution is 5.75. The third-order valence-corrected chi connectivity index (χ3v) is 1.70. The normalized spacial score (nSPS) is 14.5. The molecule has 2 atom stereocenters. The first-order valence-electron chi connectivity index (χ1n) is 3.80. The van der Waals surface area contributed by atoms with Crippen LogP contribution in [0.1, 0.15) is 12.8 Å². The van der Waals surface area contributed by atoms with E-state index in [-0.39, 0.29) is 6.42 Å². The minimum atomic E-state index is -1.19. The van der Waals surface area contributed by atoms with Crippen molar-refractivity contribution >= 4 is 11.9 Å². The molecule has 0 radical (unpaired) electrons. The first-order valence-corrected chi connectivity index (χ1v) is 3.80. The molecule has 0 aliphatic rings. The number of aliphatic carboxylic acids is 2. The van der Waals surface area contributed by atoms with Crippen molar-refractivity contribution in [2.75, 3.05) is 0 Å². The lowest BCUT2D eigenvalue weighted by Crippen LogP contribution is -2.38. The first-order chi connectivity index (χ1) is 5.99. The van der Waals surface area contributed by atoms with Crippen LogP contribution in [-0.4, -0.2) is 28.2 Å². The van der Waals surface area contributed by atoms with Gasteiger partial charge >= 0.3 is 11.9 Å². The van der Waals surface area contributed by atoms with E-state index < -0.39 is 23.9 Å². The van der Waals surface area contributed by atoms with Crippen molar-refractivity contribution in [3.63, 3.8) is 0 Å². The van der Waals surface area contributed by atoms with E-state index in [2.05, 4.69) is 6.58 Å². The molecule has 0 amide bonds. The Morgan fingerprint density at radius 3 is 2.31 bits per heavy atom. The largest absolute Gasteiger partial charge is 0.481 e. The lowest BCUT2D eigenvalue weighted by molar-refractivity contribution is -0.141. The minimum absolute atomic E-state index is 0.251. The van der Waals surface area contributed by atoms with E-state index in [1.807, 2.05) is 0 Å². The maximum absolute atomic E-state index is 10.4. The monoisotopic (exact) mass is 187 g/mol. The molecule has 5 heteroatoms. The van der Waals surface area contributed by atoms with E-state index in [1.165, 1.54) is 6.08 Å². The van der Waals surface area contributed by atoms with Crippen LogP contribution < -0.4 is 5.73 Å². The van der Waals surface area contributed by atoms with E-state index in [1.54, 1.807) is 0 Å². The third kappa shape index (κ3) is 4.27. The lowest BCUT2D eigenvalue weighted by Gasteiger charge is -2.16. The number of allylic oxidation sites excluding steroid dienone is 1. The van der Waals surface area contributed by atoms with Gasteiger partial charge in [0.15, 0.2) is 0 Å². The predicted octanol–water partition coefficient (Wildman–Crippen LogP) is 0.0653. The molecule has 13 heavy (non-hydrogen) atoms. The van der Waals surface area contributed by atoms with Gasteiger partial charge in [-0.05, 0) is 12.3 Å². The van der Waals surface area contributed by atoms with Crippen LogP contribution in [-0.2, 0) is 9.59 Å². The van der Waals surface area contributed by atoms with E-state index in [4.69, 9.17) is 15.9 Å². The van der Waals surface area contributed by atoms with Crippen LogP contribution >= 0.6 is 0 Å². The number of carboxylic acid groups (broad SMARTS) is 2. The number of carbonyl (C=O) groups is 2. The van der Waals surface area contributed by atoms with E-state index in [0.29, 0.717) is 6.42 Å². The Hall–Kier alpha value is -1.36. The fourth-order valence-electron chi connectivity index (χ4n) is 0.997. The molecule has 74 valence electrons. The quantitative estimate of drug-likeness (QED) is 0.510. The Balaban J connectivity index is 4.30. The molecule has 0 aliphatic heterocycles. The van der Waals surface area contributed by atoms with Gasteiger partial charge in [-0.2, -0.15) is 0 Å². The number of carboxylic acids is 2. The molecule has 0 saturated heterocycles. The van der Waals surface area contributed by atoms with Gasteiger partial charge in [0.05, 0.1) is 6.42 Å². The third-order valence-electron chi connectivity index (χ3n) is 1.70. The Morgan fingerprint density at radius 1 is 1.46 bits per heavy atom. The molecule has 0 aromatic rings. The molecule has 0 saturated carbocycles. The zero-order valence-corrected chi connectivity index (χ0v) is 7.14. The summed E-state index contributed by atoms with van der Waals surface area (Å²) in [5.41, 5.74) is 5.28. The Bertz CT molecular complexity index is 214. The fraction of sp³-hybridized carbons (Fsp3) is 0.500. The van der Waals surface area contributed by atoms with Crippen molar-refractivity contribution in [1.29, 1.82) is 0 Å². The van der Waals surface area contributed by atoms with Gasteiger partial charge in [0.2, 0.25) is 0 Å². The van der Waals surface area contributed by atoms with E-state index >= 15 is 0 Å². The average Bonchev–Trinajstić information content (AvgIpc) is 2.01.